The van der Waals surface area contributed by atoms with E-state index in [9.17, 15) is 4.79 Å². The Morgan fingerprint density at radius 1 is 1.41 bits per heavy atom. The van der Waals surface area contributed by atoms with Crippen LogP contribution in [0.1, 0.15) is 42.2 Å². The van der Waals surface area contributed by atoms with Gasteiger partial charge in [0.2, 0.25) is 0 Å². The number of para-hydroxylation sites is 1. The molecule has 0 aliphatic heterocycles. The molecule has 2 N–H and O–H groups in total. The van der Waals surface area contributed by atoms with Gasteiger partial charge in [-0.05, 0) is 44.4 Å². The second-order valence-corrected chi connectivity index (χ2v) is 6.90. The van der Waals surface area contributed by atoms with Crippen molar-refractivity contribution in [3.8, 4) is 0 Å². The second kappa shape index (κ2) is 7.70. The van der Waals surface area contributed by atoms with Gasteiger partial charge in [-0.3, -0.25) is 4.79 Å². The number of amides is 1. The van der Waals surface area contributed by atoms with Gasteiger partial charge in [-0.25, -0.2) is 0 Å². The van der Waals surface area contributed by atoms with Crippen LogP contribution in [0.3, 0.4) is 0 Å². The molecule has 0 bridgehead atoms. The summed E-state index contributed by atoms with van der Waals surface area (Å²) in [5.74, 6) is 0.0511. The maximum atomic E-state index is 13.1. The molecule has 0 spiro atoms. The van der Waals surface area contributed by atoms with Crippen LogP contribution in [-0.4, -0.2) is 33.5 Å². The fraction of sp³-hybridized carbons (Fsp3) is 0.333. The maximum Gasteiger partial charge on any atom is 0.270 e. The molecular formula is C21H24N4O2. The van der Waals surface area contributed by atoms with Gasteiger partial charge >= 0.3 is 0 Å². The zero-order valence-electron chi connectivity index (χ0n) is 15.4. The Bertz CT molecular complexity index is 909. The Hall–Kier alpha value is -3.02. The number of nitrogens with one attached hydrogen (secondary N) is 2. The van der Waals surface area contributed by atoms with E-state index in [-0.39, 0.29) is 11.9 Å². The van der Waals surface area contributed by atoms with E-state index < -0.39 is 0 Å². The molecule has 0 unspecified atom stereocenters. The minimum atomic E-state index is 0.0511. The number of likely N-dealkylation sites (N-methyl/N-ethyl adjacent to an activating group) is 1. The first-order valence-electron chi connectivity index (χ1n) is 9.46. The number of H-pyrrole nitrogens is 1. The molecule has 6 nitrogen and oxygen atoms in total. The van der Waals surface area contributed by atoms with E-state index in [0.29, 0.717) is 18.8 Å². The van der Waals surface area contributed by atoms with Crippen molar-refractivity contribution in [1.82, 2.24) is 20.4 Å². The third-order valence-corrected chi connectivity index (χ3v) is 5.10. The van der Waals surface area contributed by atoms with Crippen molar-refractivity contribution >= 4 is 16.8 Å². The predicted octanol–water partition coefficient (Wildman–Crippen LogP) is 3.84. The van der Waals surface area contributed by atoms with Gasteiger partial charge < -0.3 is 19.7 Å². The van der Waals surface area contributed by atoms with Crippen LogP contribution >= 0.6 is 0 Å². The fourth-order valence-corrected chi connectivity index (χ4v) is 3.70. The van der Waals surface area contributed by atoms with E-state index in [1.54, 1.807) is 12.5 Å². The lowest BCUT2D eigenvalue weighted by Crippen LogP contribution is -2.41. The lowest BCUT2D eigenvalue weighted by Gasteiger charge is -2.32. The highest BCUT2D eigenvalue weighted by atomic mass is 16.5. The number of hydrogen-bond acceptors (Lipinski definition) is 4. The Kier molecular flexibility index (Phi) is 4.96. The Morgan fingerprint density at radius 3 is 3.07 bits per heavy atom. The largest absolute Gasteiger partial charge is 0.384 e. The number of carbonyl (C=O) groups is 1. The molecule has 1 aliphatic rings. The third-order valence-electron chi connectivity index (χ3n) is 5.10. The number of aromatic amines is 1. The van der Waals surface area contributed by atoms with Crippen molar-refractivity contribution < 1.29 is 9.32 Å². The minimum absolute atomic E-state index is 0.0511. The van der Waals surface area contributed by atoms with Gasteiger partial charge in [-0.2, -0.15) is 0 Å². The zero-order valence-corrected chi connectivity index (χ0v) is 15.4. The van der Waals surface area contributed by atoms with Crippen molar-refractivity contribution in [3.05, 3.63) is 65.8 Å². The molecule has 6 heteroatoms. The number of allylic oxidation sites excluding steroid dienone is 1. The summed E-state index contributed by atoms with van der Waals surface area (Å²) >= 11 is 0. The SMILES string of the molecule is CCN(C(=O)c1cc2ccccc2[nH]1)[C@@H]1C=C(NCc2cnoc2)CCC1. The molecule has 140 valence electrons. The second-order valence-electron chi connectivity index (χ2n) is 6.90. The van der Waals surface area contributed by atoms with E-state index in [0.717, 1.165) is 35.7 Å². The van der Waals surface area contributed by atoms with Gasteiger partial charge in [0.1, 0.15) is 12.0 Å². The number of rotatable bonds is 6. The van der Waals surface area contributed by atoms with Crippen LogP contribution in [0, 0.1) is 0 Å². The van der Waals surface area contributed by atoms with Gasteiger partial charge in [0.25, 0.3) is 5.91 Å². The van der Waals surface area contributed by atoms with E-state index in [2.05, 4.69) is 21.5 Å². The molecule has 27 heavy (non-hydrogen) atoms. The average molecular weight is 364 g/mol. The molecule has 0 radical (unpaired) electrons. The van der Waals surface area contributed by atoms with E-state index in [1.165, 1.54) is 5.70 Å². The fourth-order valence-electron chi connectivity index (χ4n) is 3.70. The predicted molar refractivity (Wildman–Crippen MR) is 104 cm³/mol. The molecule has 2 aromatic heterocycles. The van der Waals surface area contributed by atoms with Crippen LogP contribution < -0.4 is 5.32 Å². The summed E-state index contributed by atoms with van der Waals surface area (Å²) in [7, 11) is 0. The lowest BCUT2D eigenvalue weighted by atomic mass is 9.98. The van der Waals surface area contributed by atoms with Crippen LogP contribution in [-0.2, 0) is 6.54 Å². The highest BCUT2D eigenvalue weighted by Crippen LogP contribution is 2.23. The summed E-state index contributed by atoms with van der Waals surface area (Å²) in [6.07, 6.45) is 8.60. The molecule has 1 aliphatic carbocycles. The highest BCUT2D eigenvalue weighted by molar-refractivity contribution is 5.98. The zero-order chi connectivity index (χ0) is 18.6. The topological polar surface area (TPSA) is 74.2 Å². The number of benzene rings is 1. The smallest absolute Gasteiger partial charge is 0.270 e. The maximum absolute atomic E-state index is 13.1. The highest BCUT2D eigenvalue weighted by Gasteiger charge is 2.25. The molecule has 4 rings (SSSR count). The molecule has 2 heterocycles. The normalized spacial score (nSPS) is 16.9. The summed E-state index contributed by atoms with van der Waals surface area (Å²) in [6, 6.07) is 10.0. The Morgan fingerprint density at radius 2 is 2.30 bits per heavy atom. The summed E-state index contributed by atoms with van der Waals surface area (Å²) < 4.78 is 4.87. The molecule has 1 atom stereocenters. The van der Waals surface area contributed by atoms with E-state index in [1.807, 2.05) is 42.2 Å². The summed E-state index contributed by atoms with van der Waals surface area (Å²) in [5.41, 5.74) is 3.83. The van der Waals surface area contributed by atoms with Crippen molar-refractivity contribution in [1.29, 1.82) is 0 Å². The van der Waals surface area contributed by atoms with Crippen molar-refractivity contribution in [2.45, 2.75) is 38.8 Å². The van der Waals surface area contributed by atoms with Gasteiger partial charge in [0.15, 0.2) is 0 Å². The molecule has 0 saturated heterocycles. The molecule has 1 amide bonds. The van der Waals surface area contributed by atoms with Crippen LogP contribution in [0.4, 0.5) is 0 Å². The van der Waals surface area contributed by atoms with Gasteiger partial charge in [0.05, 0.1) is 12.2 Å². The van der Waals surface area contributed by atoms with Crippen LogP contribution in [0.2, 0.25) is 0 Å². The molecule has 0 saturated carbocycles. The first kappa shape index (κ1) is 17.4. The van der Waals surface area contributed by atoms with Gasteiger partial charge in [-0.1, -0.05) is 23.4 Å². The first-order valence-corrected chi connectivity index (χ1v) is 9.46. The average Bonchev–Trinajstić information content (AvgIpc) is 3.37. The minimum Gasteiger partial charge on any atom is -0.384 e. The monoisotopic (exact) mass is 364 g/mol. The molecular weight excluding hydrogens is 340 g/mol. The van der Waals surface area contributed by atoms with Gasteiger partial charge in [0, 0.05) is 35.3 Å². The van der Waals surface area contributed by atoms with Crippen LogP contribution in [0.25, 0.3) is 10.9 Å². The molecule has 3 aromatic rings. The molecule has 0 fully saturated rings. The summed E-state index contributed by atoms with van der Waals surface area (Å²) in [4.78, 5) is 18.3. The quantitative estimate of drug-likeness (QED) is 0.697. The number of carbonyl (C=O) groups excluding carboxylic acids is 1. The number of hydrogen-bond donors (Lipinski definition) is 2. The summed E-state index contributed by atoms with van der Waals surface area (Å²) in [5, 5.41) is 8.24. The number of aromatic nitrogens is 2. The molecule has 1 aromatic carbocycles. The third kappa shape index (κ3) is 3.74. The van der Waals surface area contributed by atoms with E-state index >= 15 is 0 Å². The standard InChI is InChI=1S/C21H24N4O2/c1-2-25(21(26)20-10-16-6-3-4-9-19(16)24-20)18-8-5-7-17(11-18)22-12-15-13-23-27-14-15/h3-4,6,9-11,13-14,18,22,24H,2,5,7-8,12H2,1H3/t18-/m0/s1. The van der Waals surface area contributed by atoms with Crippen molar-refractivity contribution in [3.63, 3.8) is 0 Å². The lowest BCUT2D eigenvalue weighted by molar-refractivity contribution is 0.0706. The van der Waals surface area contributed by atoms with Crippen LogP contribution in [0.15, 0.2) is 59.1 Å². The number of nitrogens with zero attached hydrogens (tertiary/aromatic N) is 2. The Labute approximate surface area is 158 Å². The van der Waals surface area contributed by atoms with Crippen molar-refractivity contribution in [2.75, 3.05) is 6.54 Å². The van der Waals surface area contributed by atoms with Crippen molar-refractivity contribution in [2.24, 2.45) is 0 Å². The summed E-state index contributed by atoms with van der Waals surface area (Å²) in [6.45, 7) is 3.39. The first-order chi connectivity index (χ1) is 13.2. The van der Waals surface area contributed by atoms with Gasteiger partial charge in [-0.15, -0.1) is 0 Å². The number of fused-ring (bicyclic) bond motifs is 1. The van der Waals surface area contributed by atoms with Crippen LogP contribution in [0.5, 0.6) is 0 Å². The van der Waals surface area contributed by atoms with E-state index in [4.69, 9.17) is 4.52 Å². The Balaban J connectivity index is 1.50.